The first-order chi connectivity index (χ1) is 15.7. The van der Waals surface area contributed by atoms with Gasteiger partial charge < -0.3 is 15.4 Å². The number of carbonyl (C=O) groups excluding carboxylic acids is 2. The van der Waals surface area contributed by atoms with Crippen molar-refractivity contribution in [2.24, 2.45) is 0 Å². The fourth-order valence-corrected chi connectivity index (χ4v) is 3.98. The van der Waals surface area contributed by atoms with Gasteiger partial charge in [0.2, 0.25) is 5.91 Å². The Kier molecular flexibility index (Phi) is 7.92. The summed E-state index contributed by atoms with van der Waals surface area (Å²) in [6.07, 6.45) is 0.351. The van der Waals surface area contributed by atoms with Gasteiger partial charge >= 0.3 is 0 Å². The molecule has 0 radical (unpaired) electrons. The van der Waals surface area contributed by atoms with Gasteiger partial charge in [-0.1, -0.05) is 30.7 Å². The molecule has 0 fully saturated rings. The molecule has 0 unspecified atom stereocenters. The van der Waals surface area contributed by atoms with Crippen LogP contribution in [0.5, 0.6) is 5.75 Å². The normalized spacial score (nSPS) is 10.8. The summed E-state index contributed by atoms with van der Waals surface area (Å²) < 4.78 is 33.0. The molecule has 33 heavy (non-hydrogen) atoms. The van der Waals surface area contributed by atoms with Crippen LogP contribution in [0.25, 0.3) is 0 Å². The molecule has 0 atom stereocenters. The molecule has 0 saturated carbocycles. The molecule has 0 heterocycles. The van der Waals surface area contributed by atoms with Crippen LogP contribution in [0.15, 0.2) is 77.7 Å². The summed E-state index contributed by atoms with van der Waals surface area (Å²) in [5.41, 5.74) is 1.33. The Bertz CT molecular complexity index is 1250. The highest BCUT2D eigenvalue weighted by atomic mass is 35.5. The van der Waals surface area contributed by atoms with Crippen molar-refractivity contribution in [3.05, 3.63) is 77.8 Å². The molecule has 0 spiro atoms. The van der Waals surface area contributed by atoms with E-state index in [1.807, 2.05) is 0 Å². The number of sulfonamides is 1. The van der Waals surface area contributed by atoms with Gasteiger partial charge in [0.1, 0.15) is 5.75 Å². The second-order valence-corrected chi connectivity index (χ2v) is 9.03. The van der Waals surface area contributed by atoms with Crippen LogP contribution in [-0.4, -0.2) is 26.8 Å². The van der Waals surface area contributed by atoms with Crippen molar-refractivity contribution >= 4 is 50.5 Å². The molecule has 3 rings (SSSR count). The molecule has 0 bridgehead atoms. The fraction of sp³-hybridized carbons (Fsp3) is 0.130. The molecule has 0 aromatic heterocycles. The molecular formula is C23H22ClN3O5S. The summed E-state index contributed by atoms with van der Waals surface area (Å²) >= 11 is 5.89. The number of rotatable bonds is 9. The number of ether oxygens (including phenoxy) is 1. The molecular weight excluding hydrogens is 466 g/mol. The number of anilines is 3. The maximum Gasteiger partial charge on any atom is 0.262 e. The number of hydrogen-bond donors (Lipinski definition) is 3. The molecule has 0 aliphatic carbocycles. The number of hydrogen-bond acceptors (Lipinski definition) is 5. The Hall–Kier alpha value is -3.56. The summed E-state index contributed by atoms with van der Waals surface area (Å²) in [6, 6.07) is 18.8. The van der Waals surface area contributed by atoms with E-state index in [4.69, 9.17) is 16.3 Å². The predicted molar refractivity (Wildman–Crippen MR) is 128 cm³/mol. The zero-order valence-electron chi connectivity index (χ0n) is 17.7. The molecule has 3 N–H and O–H groups in total. The Morgan fingerprint density at radius 3 is 2.21 bits per heavy atom. The monoisotopic (exact) mass is 487 g/mol. The lowest BCUT2D eigenvalue weighted by Crippen LogP contribution is -2.20. The van der Waals surface area contributed by atoms with E-state index in [9.17, 15) is 18.0 Å². The highest BCUT2D eigenvalue weighted by molar-refractivity contribution is 7.92. The lowest BCUT2D eigenvalue weighted by atomic mass is 10.3. The molecule has 3 aromatic carbocycles. The van der Waals surface area contributed by atoms with Gasteiger partial charge in [0.05, 0.1) is 10.6 Å². The molecule has 0 aliphatic heterocycles. The van der Waals surface area contributed by atoms with Crippen LogP contribution in [0, 0.1) is 0 Å². The standard InChI is InChI=1S/C23H22ClN3O5S/c1-2-22(28)26-18-6-4-8-20(14-18)32-15-23(29)25-17-9-11-21(12-10-17)33(30,31)27-19-7-3-5-16(24)13-19/h3-14,27H,2,15H2,1H3,(H,25,29)(H,26,28). The molecule has 172 valence electrons. The summed E-state index contributed by atoms with van der Waals surface area (Å²) in [6.45, 7) is 1.49. The van der Waals surface area contributed by atoms with E-state index in [2.05, 4.69) is 15.4 Å². The second-order valence-electron chi connectivity index (χ2n) is 6.91. The molecule has 0 saturated heterocycles. The smallest absolute Gasteiger partial charge is 0.262 e. The Morgan fingerprint density at radius 1 is 0.848 bits per heavy atom. The van der Waals surface area contributed by atoms with Crippen molar-refractivity contribution in [3.63, 3.8) is 0 Å². The van der Waals surface area contributed by atoms with E-state index >= 15 is 0 Å². The SMILES string of the molecule is CCC(=O)Nc1cccc(OCC(=O)Nc2ccc(S(=O)(=O)Nc3cccc(Cl)c3)cc2)c1. The first kappa shape index (κ1) is 24.1. The van der Waals surface area contributed by atoms with Crippen LogP contribution in [0.3, 0.4) is 0 Å². The topological polar surface area (TPSA) is 114 Å². The van der Waals surface area contributed by atoms with Gasteiger partial charge in [-0.3, -0.25) is 14.3 Å². The molecule has 8 nitrogen and oxygen atoms in total. The summed E-state index contributed by atoms with van der Waals surface area (Å²) in [7, 11) is -3.81. The first-order valence-corrected chi connectivity index (χ1v) is 11.8. The molecule has 3 aromatic rings. The molecule has 0 aliphatic rings. The summed E-state index contributed by atoms with van der Waals surface area (Å²) in [4.78, 5) is 23.7. The third-order valence-corrected chi connectivity index (χ3v) is 5.97. The van der Waals surface area contributed by atoms with Crippen LogP contribution in [0.1, 0.15) is 13.3 Å². The Labute approximate surface area is 197 Å². The van der Waals surface area contributed by atoms with Crippen molar-refractivity contribution in [2.45, 2.75) is 18.2 Å². The number of nitrogens with one attached hydrogen (secondary N) is 3. The van der Waals surface area contributed by atoms with Gasteiger partial charge in [-0.25, -0.2) is 8.42 Å². The largest absolute Gasteiger partial charge is 0.484 e. The van der Waals surface area contributed by atoms with E-state index in [0.29, 0.717) is 34.3 Å². The van der Waals surface area contributed by atoms with Crippen LogP contribution in [0.2, 0.25) is 5.02 Å². The van der Waals surface area contributed by atoms with Crippen molar-refractivity contribution in [1.82, 2.24) is 0 Å². The number of amides is 2. The average molecular weight is 488 g/mol. The van der Waals surface area contributed by atoms with E-state index in [1.54, 1.807) is 49.4 Å². The van der Waals surface area contributed by atoms with Gasteiger partial charge in [0.15, 0.2) is 6.61 Å². The fourth-order valence-electron chi connectivity index (χ4n) is 2.74. The van der Waals surface area contributed by atoms with Crippen LogP contribution < -0.4 is 20.1 Å². The lowest BCUT2D eigenvalue weighted by Gasteiger charge is -2.11. The summed E-state index contributed by atoms with van der Waals surface area (Å²) in [5, 5.41) is 5.76. The number of carbonyl (C=O) groups is 2. The lowest BCUT2D eigenvalue weighted by molar-refractivity contribution is -0.118. The summed E-state index contributed by atoms with van der Waals surface area (Å²) in [5.74, 6) is -0.128. The maximum atomic E-state index is 12.5. The van der Waals surface area contributed by atoms with Crippen LogP contribution in [0.4, 0.5) is 17.1 Å². The third-order valence-electron chi connectivity index (χ3n) is 4.33. The van der Waals surface area contributed by atoms with E-state index in [1.165, 1.54) is 30.3 Å². The van der Waals surface area contributed by atoms with E-state index in [-0.39, 0.29) is 17.4 Å². The minimum absolute atomic E-state index is 0.0302. The van der Waals surface area contributed by atoms with Crippen molar-refractivity contribution in [1.29, 1.82) is 0 Å². The van der Waals surface area contributed by atoms with Gasteiger partial charge in [-0.2, -0.15) is 0 Å². The highest BCUT2D eigenvalue weighted by Crippen LogP contribution is 2.21. The number of benzene rings is 3. The van der Waals surface area contributed by atoms with Crippen LogP contribution in [-0.2, 0) is 19.6 Å². The predicted octanol–water partition coefficient (Wildman–Crippen LogP) is 4.51. The van der Waals surface area contributed by atoms with Gasteiger partial charge in [-0.15, -0.1) is 0 Å². The molecule has 10 heteroatoms. The number of halogens is 1. The van der Waals surface area contributed by atoms with Gasteiger partial charge in [0.25, 0.3) is 15.9 Å². The van der Waals surface area contributed by atoms with Crippen molar-refractivity contribution < 1.29 is 22.7 Å². The molecule has 2 amide bonds. The maximum absolute atomic E-state index is 12.5. The van der Waals surface area contributed by atoms with Crippen molar-refractivity contribution in [2.75, 3.05) is 22.0 Å². The van der Waals surface area contributed by atoms with Crippen molar-refractivity contribution in [3.8, 4) is 5.75 Å². The first-order valence-electron chi connectivity index (χ1n) is 9.96. The Balaban J connectivity index is 1.56. The zero-order chi connectivity index (χ0) is 23.8. The second kappa shape index (κ2) is 10.8. The van der Waals surface area contributed by atoms with Crippen LogP contribution >= 0.6 is 11.6 Å². The minimum Gasteiger partial charge on any atom is -0.484 e. The highest BCUT2D eigenvalue weighted by Gasteiger charge is 2.15. The quantitative estimate of drug-likeness (QED) is 0.411. The van der Waals surface area contributed by atoms with E-state index < -0.39 is 15.9 Å². The third kappa shape index (κ3) is 7.23. The average Bonchev–Trinajstić information content (AvgIpc) is 2.78. The van der Waals surface area contributed by atoms with Gasteiger partial charge in [0, 0.05) is 28.9 Å². The zero-order valence-corrected chi connectivity index (χ0v) is 19.2. The Morgan fingerprint density at radius 2 is 1.52 bits per heavy atom. The van der Waals surface area contributed by atoms with Gasteiger partial charge in [-0.05, 0) is 54.6 Å². The van der Waals surface area contributed by atoms with E-state index in [0.717, 1.165) is 0 Å². The minimum atomic E-state index is -3.81.